The van der Waals surface area contributed by atoms with E-state index >= 15 is 0 Å². The predicted molar refractivity (Wildman–Crippen MR) is 70.7 cm³/mol. The van der Waals surface area contributed by atoms with Crippen molar-refractivity contribution in [1.82, 2.24) is 0 Å². The Labute approximate surface area is 111 Å². The third kappa shape index (κ3) is 3.08. The van der Waals surface area contributed by atoms with Crippen LogP contribution in [0.15, 0.2) is 18.2 Å². The van der Waals surface area contributed by atoms with Crippen LogP contribution < -0.4 is 4.90 Å². The van der Waals surface area contributed by atoms with Crippen molar-refractivity contribution >= 4 is 17.2 Å². The SMILES string of the molecule is CC(=O)c1cc(N2CCCOCC2)ccc1[N+](=O)[O-]. The lowest BCUT2D eigenvalue weighted by atomic mass is 10.1. The quantitative estimate of drug-likeness (QED) is 0.474. The molecule has 0 bridgehead atoms. The number of nitrogens with zero attached hydrogens (tertiary/aromatic N) is 2. The van der Waals surface area contributed by atoms with Crippen molar-refractivity contribution in [1.29, 1.82) is 0 Å². The zero-order chi connectivity index (χ0) is 13.8. The maximum absolute atomic E-state index is 11.5. The van der Waals surface area contributed by atoms with Gasteiger partial charge in [-0.25, -0.2) is 0 Å². The molecule has 0 radical (unpaired) electrons. The van der Waals surface area contributed by atoms with Crippen LogP contribution in [0.2, 0.25) is 0 Å². The first-order chi connectivity index (χ1) is 9.09. The molecule has 1 aliphatic rings. The monoisotopic (exact) mass is 264 g/mol. The van der Waals surface area contributed by atoms with Crippen molar-refractivity contribution in [3.05, 3.63) is 33.9 Å². The van der Waals surface area contributed by atoms with E-state index < -0.39 is 4.92 Å². The van der Waals surface area contributed by atoms with Crippen LogP contribution in [-0.4, -0.2) is 37.0 Å². The van der Waals surface area contributed by atoms with E-state index in [1.165, 1.54) is 13.0 Å². The topological polar surface area (TPSA) is 72.7 Å². The average Bonchev–Trinajstić information content (AvgIpc) is 2.66. The smallest absolute Gasteiger partial charge is 0.280 e. The number of benzene rings is 1. The van der Waals surface area contributed by atoms with Gasteiger partial charge in [0.15, 0.2) is 5.78 Å². The van der Waals surface area contributed by atoms with Gasteiger partial charge < -0.3 is 9.64 Å². The summed E-state index contributed by atoms with van der Waals surface area (Å²) < 4.78 is 5.37. The molecule has 1 heterocycles. The molecule has 0 atom stereocenters. The van der Waals surface area contributed by atoms with Crippen LogP contribution in [0, 0.1) is 10.1 Å². The van der Waals surface area contributed by atoms with Crippen molar-refractivity contribution in [2.45, 2.75) is 13.3 Å². The summed E-state index contributed by atoms with van der Waals surface area (Å²) in [4.78, 5) is 24.0. The van der Waals surface area contributed by atoms with E-state index in [9.17, 15) is 14.9 Å². The van der Waals surface area contributed by atoms with Crippen molar-refractivity contribution in [2.24, 2.45) is 0 Å². The third-order valence-corrected chi connectivity index (χ3v) is 3.14. The van der Waals surface area contributed by atoms with Crippen molar-refractivity contribution < 1.29 is 14.5 Å². The lowest BCUT2D eigenvalue weighted by Crippen LogP contribution is -2.26. The highest BCUT2D eigenvalue weighted by Gasteiger charge is 2.20. The molecule has 1 aliphatic heterocycles. The Hall–Kier alpha value is -1.95. The number of Topliss-reactive ketones (excluding diaryl/α,β-unsaturated/α-hetero) is 1. The van der Waals surface area contributed by atoms with Crippen molar-refractivity contribution in [2.75, 3.05) is 31.2 Å². The van der Waals surface area contributed by atoms with Crippen LogP contribution in [0.1, 0.15) is 23.7 Å². The molecule has 1 saturated heterocycles. The Balaban J connectivity index is 2.34. The second kappa shape index (κ2) is 5.79. The molecule has 0 aliphatic carbocycles. The first-order valence-electron chi connectivity index (χ1n) is 6.21. The Morgan fingerprint density at radius 2 is 2.16 bits per heavy atom. The summed E-state index contributed by atoms with van der Waals surface area (Å²) in [5, 5.41) is 10.9. The van der Waals surface area contributed by atoms with Crippen LogP contribution in [0.5, 0.6) is 0 Å². The van der Waals surface area contributed by atoms with Crippen LogP contribution in [0.25, 0.3) is 0 Å². The lowest BCUT2D eigenvalue weighted by Gasteiger charge is -2.22. The maximum Gasteiger partial charge on any atom is 0.280 e. The van der Waals surface area contributed by atoms with Crippen LogP contribution in [-0.2, 0) is 4.74 Å². The predicted octanol–water partition coefficient (Wildman–Crippen LogP) is 2.02. The summed E-state index contributed by atoms with van der Waals surface area (Å²) >= 11 is 0. The molecule has 0 amide bonds. The summed E-state index contributed by atoms with van der Waals surface area (Å²) in [5.41, 5.74) is 0.858. The molecule has 1 fully saturated rings. The largest absolute Gasteiger partial charge is 0.380 e. The molecule has 6 heteroatoms. The highest BCUT2D eigenvalue weighted by Crippen LogP contribution is 2.26. The molecule has 1 aromatic carbocycles. The van der Waals surface area contributed by atoms with Gasteiger partial charge in [-0.1, -0.05) is 0 Å². The van der Waals surface area contributed by atoms with E-state index in [4.69, 9.17) is 4.74 Å². The van der Waals surface area contributed by atoms with E-state index in [1.54, 1.807) is 12.1 Å². The zero-order valence-corrected chi connectivity index (χ0v) is 10.8. The normalized spacial score (nSPS) is 15.9. The van der Waals surface area contributed by atoms with E-state index in [0.717, 1.165) is 31.8 Å². The van der Waals surface area contributed by atoms with E-state index in [1.807, 2.05) is 0 Å². The summed E-state index contributed by atoms with van der Waals surface area (Å²) in [7, 11) is 0. The van der Waals surface area contributed by atoms with Gasteiger partial charge in [-0.05, 0) is 25.5 Å². The Morgan fingerprint density at radius 3 is 2.84 bits per heavy atom. The van der Waals surface area contributed by atoms with Crippen LogP contribution >= 0.6 is 0 Å². The maximum atomic E-state index is 11.5. The van der Waals surface area contributed by atoms with E-state index in [0.29, 0.717) is 6.61 Å². The molecule has 0 aromatic heterocycles. The number of ether oxygens (including phenoxy) is 1. The summed E-state index contributed by atoms with van der Waals surface area (Å²) in [6, 6.07) is 4.69. The molecule has 102 valence electrons. The van der Waals surface area contributed by atoms with Gasteiger partial charge in [-0.3, -0.25) is 14.9 Å². The average molecular weight is 264 g/mol. The van der Waals surface area contributed by atoms with Gasteiger partial charge in [0.2, 0.25) is 0 Å². The number of nitro groups is 1. The van der Waals surface area contributed by atoms with E-state index in [-0.39, 0.29) is 17.0 Å². The van der Waals surface area contributed by atoms with Gasteiger partial charge in [0, 0.05) is 31.5 Å². The first-order valence-corrected chi connectivity index (χ1v) is 6.21. The van der Waals surface area contributed by atoms with Gasteiger partial charge in [0.1, 0.15) is 0 Å². The highest BCUT2D eigenvalue weighted by atomic mass is 16.6. The van der Waals surface area contributed by atoms with Gasteiger partial charge >= 0.3 is 0 Å². The molecule has 1 aromatic rings. The van der Waals surface area contributed by atoms with Crippen molar-refractivity contribution in [3.8, 4) is 0 Å². The second-order valence-corrected chi connectivity index (χ2v) is 4.47. The van der Waals surface area contributed by atoms with E-state index in [2.05, 4.69) is 4.90 Å². The molecule has 0 spiro atoms. The molecule has 0 unspecified atom stereocenters. The number of anilines is 1. The number of hydrogen-bond donors (Lipinski definition) is 0. The summed E-state index contributed by atoms with van der Waals surface area (Å²) in [5.74, 6) is -0.292. The number of nitro benzene ring substituents is 1. The van der Waals surface area contributed by atoms with Crippen LogP contribution in [0.4, 0.5) is 11.4 Å². The number of rotatable bonds is 3. The standard InChI is InChI=1S/C13H16N2O4/c1-10(16)12-9-11(3-4-13(12)15(17)18)14-5-2-7-19-8-6-14/h3-4,9H,2,5-8H2,1H3. The summed E-state index contributed by atoms with van der Waals surface area (Å²) in [6.45, 7) is 4.26. The van der Waals surface area contributed by atoms with Gasteiger partial charge in [0.05, 0.1) is 17.1 Å². The molecule has 19 heavy (non-hydrogen) atoms. The fourth-order valence-corrected chi connectivity index (χ4v) is 2.17. The zero-order valence-electron chi connectivity index (χ0n) is 10.8. The molecule has 0 N–H and O–H groups in total. The lowest BCUT2D eigenvalue weighted by molar-refractivity contribution is -0.385. The first kappa shape index (κ1) is 13.5. The highest BCUT2D eigenvalue weighted by molar-refractivity contribution is 5.99. The minimum absolute atomic E-state index is 0.137. The number of carbonyl (C=O) groups excluding carboxylic acids is 1. The Morgan fingerprint density at radius 1 is 1.37 bits per heavy atom. The molecular weight excluding hydrogens is 248 g/mol. The summed E-state index contributed by atoms with van der Waals surface area (Å²) in [6.07, 6.45) is 0.909. The van der Waals surface area contributed by atoms with Crippen LogP contribution in [0.3, 0.4) is 0 Å². The van der Waals surface area contributed by atoms with Gasteiger partial charge in [-0.2, -0.15) is 0 Å². The molecule has 2 rings (SSSR count). The van der Waals surface area contributed by atoms with Gasteiger partial charge in [0.25, 0.3) is 5.69 Å². The number of carbonyl (C=O) groups is 1. The Bertz CT molecular complexity index is 493. The minimum atomic E-state index is -0.522. The number of ketones is 1. The fraction of sp³-hybridized carbons (Fsp3) is 0.462. The second-order valence-electron chi connectivity index (χ2n) is 4.47. The number of hydrogen-bond acceptors (Lipinski definition) is 5. The molecule has 0 saturated carbocycles. The van der Waals surface area contributed by atoms with Crippen molar-refractivity contribution in [3.63, 3.8) is 0 Å². The third-order valence-electron chi connectivity index (χ3n) is 3.14. The Kier molecular flexibility index (Phi) is 4.11. The minimum Gasteiger partial charge on any atom is -0.380 e. The molecule has 6 nitrogen and oxygen atoms in total. The molecular formula is C13H16N2O4. The fourth-order valence-electron chi connectivity index (χ4n) is 2.17. The van der Waals surface area contributed by atoms with Gasteiger partial charge in [-0.15, -0.1) is 0 Å².